The number of thioether (sulfide) groups is 1. The third-order valence-electron chi connectivity index (χ3n) is 4.20. The minimum Gasteiger partial charge on any atom is -0.365 e. The average Bonchev–Trinajstić information content (AvgIpc) is 3.18. The number of pyridine rings is 1. The van der Waals surface area contributed by atoms with Gasteiger partial charge in [-0.15, -0.1) is 11.8 Å². The highest BCUT2D eigenvalue weighted by atomic mass is 32.2. The van der Waals surface area contributed by atoms with Gasteiger partial charge in [0.15, 0.2) is 0 Å². The van der Waals surface area contributed by atoms with Gasteiger partial charge in [-0.25, -0.2) is 15.0 Å². The monoisotopic (exact) mass is 388 g/mol. The van der Waals surface area contributed by atoms with Crippen molar-refractivity contribution < 1.29 is 0 Å². The van der Waals surface area contributed by atoms with E-state index in [2.05, 4.69) is 43.5 Å². The van der Waals surface area contributed by atoms with E-state index in [4.69, 9.17) is 0 Å². The fourth-order valence-electron chi connectivity index (χ4n) is 2.71. The van der Waals surface area contributed by atoms with Gasteiger partial charge in [-0.1, -0.05) is 36.4 Å². The predicted molar refractivity (Wildman–Crippen MR) is 111 cm³/mol. The molecule has 0 bridgehead atoms. The van der Waals surface area contributed by atoms with Crippen molar-refractivity contribution in [1.82, 2.24) is 24.5 Å². The molecule has 4 rings (SSSR count). The van der Waals surface area contributed by atoms with Crippen LogP contribution in [-0.4, -0.2) is 24.5 Å². The quantitative estimate of drug-likeness (QED) is 0.477. The Hall–Kier alpha value is -3.19. The number of hydrogen-bond acceptors (Lipinski definition) is 6. The second-order valence-corrected chi connectivity index (χ2v) is 7.24. The van der Waals surface area contributed by atoms with Gasteiger partial charge in [-0.2, -0.15) is 0 Å². The molecule has 1 N–H and O–H groups in total. The van der Waals surface area contributed by atoms with E-state index in [0.717, 1.165) is 33.8 Å². The van der Waals surface area contributed by atoms with Crippen LogP contribution in [0.1, 0.15) is 17.0 Å². The van der Waals surface area contributed by atoms with E-state index in [0.29, 0.717) is 6.54 Å². The number of aryl methyl sites for hydroxylation is 1. The molecule has 140 valence electrons. The van der Waals surface area contributed by atoms with Gasteiger partial charge < -0.3 is 5.32 Å². The molecule has 0 saturated heterocycles. The number of nitrogens with zero attached hydrogens (tertiary/aromatic N) is 5. The van der Waals surface area contributed by atoms with Crippen LogP contribution in [0.5, 0.6) is 0 Å². The van der Waals surface area contributed by atoms with Gasteiger partial charge in [-0.3, -0.25) is 9.55 Å². The number of hydrogen-bond donors (Lipinski definition) is 1. The summed E-state index contributed by atoms with van der Waals surface area (Å²) in [6, 6.07) is 14.4. The van der Waals surface area contributed by atoms with Crippen molar-refractivity contribution in [3.8, 4) is 5.82 Å². The lowest BCUT2D eigenvalue weighted by molar-refractivity contribution is 0.924. The maximum Gasteiger partial charge on any atom is 0.146 e. The first-order chi connectivity index (χ1) is 13.8. The summed E-state index contributed by atoms with van der Waals surface area (Å²) < 4.78 is 1.95. The van der Waals surface area contributed by atoms with Gasteiger partial charge in [0, 0.05) is 30.9 Å². The highest BCUT2D eigenvalue weighted by Crippen LogP contribution is 2.21. The molecule has 3 aromatic heterocycles. The van der Waals surface area contributed by atoms with Crippen molar-refractivity contribution in [2.75, 3.05) is 5.32 Å². The molecule has 4 aromatic rings. The summed E-state index contributed by atoms with van der Waals surface area (Å²) in [5.74, 6) is 3.40. The number of aromatic nitrogens is 5. The summed E-state index contributed by atoms with van der Waals surface area (Å²) in [5, 5.41) is 4.22. The Kier molecular flexibility index (Phi) is 5.63. The van der Waals surface area contributed by atoms with Crippen molar-refractivity contribution in [2.24, 2.45) is 0 Å². The van der Waals surface area contributed by atoms with Gasteiger partial charge in [0.25, 0.3) is 0 Å². The van der Waals surface area contributed by atoms with Gasteiger partial charge >= 0.3 is 0 Å². The van der Waals surface area contributed by atoms with Crippen molar-refractivity contribution in [1.29, 1.82) is 0 Å². The Balaban J connectivity index is 1.35. The zero-order valence-electron chi connectivity index (χ0n) is 15.5. The smallest absolute Gasteiger partial charge is 0.146 e. The third kappa shape index (κ3) is 4.55. The van der Waals surface area contributed by atoms with Crippen molar-refractivity contribution >= 4 is 17.6 Å². The lowest BCUT2D eigenvalue weighted by atomic mass is 10.2. The highest BCUT2D eigenvalue weighted by Gasteiger charge is 2.04. The molecule has 0 radical (unpaired) electrons. The number of benzene rings is 1. The molecule has 0 aliphatic heterocycles. The molecule has 28 heavy (non-hydrogen) atoms. The first-order valence-electron chi connectivity index (χ1n) is 8.96. The summed E-state index contributed by atoms with van der Waals surface area (Å²) in [7, 11) is 0. The first-order valence-corrected chi connectivity index (χ1v) is 9.94. The summed E-state index contributed by atoms with van der Waals surface area (Å²) in [6.45, 7) is 2.59. The second-order valence-electron chi connectivity index (χ2n) is 6.24. The van der Waals surface area contributed by atoms with Gasteiger partial charge in [-0.05, 0) is 24.1 Å². The number of anilines is 1. The van der Waals surface area contributed by atoms with E-state index in [1.54, 1.807) is 30.4 Å². The molecule has 0 aliphatic carbocycles. The lowest BCUT2D eigenvalue weighted by Gasteiger charge is -2.08. The molecule has 1 aromatic carbocycles. The summed E-state index contributed by atoms with van der Waals surface area (Å²) in [4.78, 5) is 17.7. The first kappa shape index (κ1) is 18.2. The highest BCUT2D eigenvalue weighted by molar-refractivity contribution is 7.98. The van der Waals surface area contributed by atoms with E-state index < -0.39 is 0 Å². The molecule has 0 spiro atoms. The molecule has 6 nitrogen and oxygen atoms in total. The van der Waals surface area contributed by atoms with Crippen LogP contribution in [0.25, 0.3) is 5.82 Å². The molecule has 0 fully saturated rings. The predicted octanol–water partition coefficient (Wildman–Crippen LogP) is 4.27. The van der Waals surface area contributed by atoms with Crippen LogP contribution in [-0.2, 0) is 12.3 Å². The van der Waals surface area contributed by atoms with E-state index in [-0.39, 0.29) is 0 Å². The van der Waals surface area contributed by atoms with Gasteiger partial charge in [0.2, 0.25) is 0 Å². The zero-order valence-corrected chi connectivity index (χ0v) is 16.3. The van der Waals surface area contributed by atoms with E-state index >= 15 is 0 Å². The van der Waals surface area contributed by atoms with Crippen LogP contribution in [0.4, 0.5) is 5.82 Å². The minimum atomic E-state index is 0.637. The van der Waals surface area contributed by atoms with Crippen LogP contribution in [0.2, 0.25) is 0 Å². The summed E-state index contributed by atoms with van der Waals surface area (Å²) >= 11 is 1.68. The number of nitrogens with one attached hydrogen (secondary N) is 1. The number of imidazole rings is 1. The average molecular weight is 389 g/mol. The van der Waals surface area contributed by atoms with Crippen LogP contribution >= 0.6 is 11.8 Å². The van der Waals surface area contributed by atoms with Gasteiger partial charge in [0.1, 0.15) is 22.5 Å². The Labute approximate surface area is 168 Å². The normalized spacial score (nSPS) is 10.8. The molecular formula is C21H20N6S. The van der Waals surface area contributed by atoms with Crippen LogP contribution < -0.4 is 5.32 Å². The molecule has 0 saturated carbocycles. The minimum absolute atomic E-state index is 0.637. The van der Waals surface area contributed by atoms with E-state index in [1.165, 1.54) is 5.56 Å². The maximum atomic E-state index is 4.63. The molecule has 0 aliphatic rings. The van der Waals surface area contributed by atoms with Crippen molar-refractivity contribution in [3.05, 3.63) is 90.4 Å². The molecule has 3 heterocycles. The molecule has 0 amide bonds. The SMILES string of the molecule is Cc1nccn1-c1ccc(CNc2cncc(SCc3ccccc3)n2)cn1. The third-order valence-corrected chi connectivity index (χ3v) is 5.17. The van der Waals surface area contributed by atoms with Crippen molar-refractivity contribution in [2.45, 2.75) is 24.2 Å². The molecule has 7 heteroatoms. The fraction of sp³-hybridized carbons (Fsp3) is 0.143. The molecule has 0 atom stereocenters. The van der Waals surface area contributed by atoms with Crippen LogP contribution in [0.15, 0.2) is 78.5 Å². The van der Waals surface area contributed by atoms with E-state index in [9.17, 15) is 0 Å². The fourth-order valence-corrected chi connectivity index (χ4v) is 3.52. The van der Waals surface area contributed by atoms with E-state index in [1.807, 2.05) is 48.1 Å². The zero-order chi connectivity index (χ0) is 19.2. The van der Waals surface area contributed by atoms with Crippen LogP contribution in [0.3, 0.4) is 0 Å². The standard InChI is InChI=1S/C21H20N6S/c1-16-23-9-10-27(16)20-8-7-18(12-25-20)11-24-19-13-22-14-21(26-19)28-15-17-5-3-2-4-6-17/h2-10,12-14H,11,15H2,1H3,(H,24,26). The Bertz CT molecular complexity index is 1030. The Morgan fingerprint density at radius 3 is 2.61 bits per heavy atom. The summed E-state index contributed by atoms with van der Waals surface area (Å²) in [6.07, 6.45) is 9.08. The largest absolute Gasteiger partial charge is 0.365 e. The van der Waals surface area contributed by atoms with Crippen LogP contribution in [0, 0.1) is 6.92 Å². The molecule has 0 unspecified atom stereocenters. The summed E-state index contributed by atoms with van der Waals surface area (Å²) in [5.41, 5.74) is 2.35. The second kappa shape index (κ2) is 8.67. The molecular weight excluding hydrogens is 368 g/mol. The lowest BCUT2D eigenvalue weighted by Crippen LogP contribution is -2.04. The Morgan fingerprint density at radius 2 is 1.86 bits per heavy atom. The van der Waals surface area contributed by atoms with Gasteiger partial charge in [0.05, 0.1) is 12.4 Å². The topological polar surface area (TPSA) is 68.5 Å². The maximum absolute atomic E-state index is 4.63. The van der Waals surface area contributed by atoms with Crippen molar-refractivity contribution in [3.63, 3.8) is 0 Å². The number of rotatable bonds is 7. The Morgan fingerprint density at radius 1 is 0.964 bits per heavy atom.